The molecule has 0 aliphatic rings. The smallest absolute Gasteiger partial charge is 0.304 e. The molecule has 4 nitrogen and oxygen atoms in total. The molecule has 0 heterocycles. The van der Waals surface area contributed by atoms with Crippen LogP contribution in [0.1, 0.15) is 17.5 Å². The molecule has 0 saturated carbocycles. The van der Waals surface area contributed by atoms with Gasteiger partial charge in [0, 0.05) is 36.0 Å². The quantitative estimate of drug-likeness (QED) is 0.649. The highest BCUT2D eigenvalue weighted by Crippen LogP contribution is 2.21. The van der Waals surface area contributed by atoms with Crippen LogP contribution in [0.3, 0.4) is 0 Å². The van der Waals surface area contributed by atoms with E-state index >= 15 is 0 Å². The van der Waals surface area contributed by atoms with Crippen molar-refractivity contribution in [3.63, 3.8) is 0 Å². The first-order chi connectivity index (χ1) is 9.97. The minimum Gasteiger partial charge on any atom is -0.481 e. The van der Waals surface area contributed by atoms with Crippen LogP contribution in [-0.2, 0) is 11.2 Å². The van der Waals surface area contributed by atoms with Crippen LogP contribution in [-0.4, -0.2) is 41.4 Å². The maximum absolute atomic E-state index is 10.7. The standard InChI is InChI=1S/C15H22BrClN2O2/c1-11-2-3-14(19(6-4-16)7-5-17)9-12(11)8-13(18)10-15(20)21/h2-3,9,13H,4-8,10,18H2,1H3,(H,20,21)/t13-/m0/s1. The molecule has 0 unspecified atom stereocenters. The van der Waals surface area contributed by atoms with Crippen LogP contribution in [0, 0.1) is 6.92 Å². The number of hydrogen-bond donors (Lipinski definition) is 2. The monoisotopic (exact) mass is 376 g/mol. The normalized spacial score (nSPS) is 12.2. The molecule has 0 aliphatic heterocycles. The first-order valence-corrected chi connectivity index (χ1v) is 8.57. The lowest BCUT2D eigenvalue weighted by Gasteiger charge is -2.24. The Kier molecular flexibility index (Phi) is 8.07. The van der Waals surface area contributed by atoms with E-state index in [-0.39, 0.29) is 12.5 Å². The Morgan fingerprint density at radius 2 is 2.19 bits per heavy atom. The maximum atomic E-state index is 10.7. The summed E-state index contributed by atoms with van der Waals surface area (Å²) >= 11 is 9.30. The van der Waals surface area contributed by atoms with Gasteiger partial charge in [-0.05, 0) is 36.6 Å². The predicted molar refractivity (Wildman–Crippen MR) is 91.8 cm³/mol. The van der Waals surface area contributed by atoms with E-state index in [1.54, 1.807) is 0 Å². The van der Waals surface area contributed by atoms with Crippen LogP contribution >= 0.6 is 27.5 Å². The first-order valence-electron chi connectivity index (χ1n) is 6.91. The lowest BCUT2D eigenvalue weighted by molar-refractivity contribution is -0.137. The third-order valence-electron chi connectivity index (χ3n) is 3.33. The molecule has 1 rings (SSSR count). The van der Waals surface area contributed by atoms with Crippen molar-refractivity contribution in [3.05, 3.63) is 29.3 Å². The Morgan fingerprint density at radius 1 is 1.48 bits per heavy atom. The summed E-state index contributed by atoms with van der Waals surface area (Å²) in [6, 6.07) is 5.84. The highest BCUT2D eigenvalue weighted by atomic mass is 79.9. The van der Waals surface area contributed by atoms with Crippen LogP contribution in [0.25, 0.3) is 0 Å². The van der Waals surface area contributed by atoms with Gasteiger partial charge < -0.3 is 15.7 Å². The number of hydrogen-bond acceptors (Lipinski definition) is 3. The Morgan fingerprint density at radius 3 is 2.76 bits per heavy atom. The summed E-state index contributed by atoms with van der Waals surface area (Å²) in [5.74, 6) is -0.297. The Balaban J connectivity index is 2.89. The largest absolute Gasteiger partial charge is 0.481 e. The van der Waals surface area contributed by atoms with Gasteiger partial charge in [0.05, 0.1) is 6.42 Å². The van der Waals surface area contributed by atoms with Crippen molar-refractivity contribution in [3.8, 4) is 0 Å². The molecular weight excluding hydrogens is 356 g/mol. The summed E-state index contributed by atoms with van der Waals surface area (Å²) in [6.45, 7) is 3.66. The lowest BCUT2D eigenvalue weighted by Crippen LogP contribution is -2.28. The topological polar surface area (TPSA) is 66.6 Å². The van der Waals surface area contributed by atoms with Crippen LogP contribution < -0.4 is 10.6 Å². The van der Waals surface area contributed by atoms with Crippen molar-refractivity contribution < 1.29 is 9.90 Å². The van der Waals surface area contributed by atoms with E-state index in [0.29, 0.717) is 12.3 Å². The molecule has 118 valence electrons. The first kappa shape index (κ1) is 18.3. The van der Waals surface area contributed by atoms with Crippen LogP contribution in [0.5, 0.6) is 0 Å². The molecule has 0 radical (unpaired) electrons. The van der Waals surface area contributed by atoms with Gasteiger partial charge >= 0.3 is 5.97 Å². The zero-order valence-electron chi connectivity index (χ0n) is 12.2. The predicted octanol–water partition coefficient (Wildman–Crippen LogP) is 2.78. The third kappa shape index (κ3) is 6.24. The number of halogens is 2. The Hall–Kier alpha value is -0.780. The minimum absolute atomic E-state index is 0.0174. The van der Waals surface area contributed by atoms with Crippen LogP contribution in [0.2, 0.25) is 0 Å². The average molecular weight is 378 g/mol. The molecule has 1 atom stereocenters. The van der Waals surface area contributed by atoms with Gasteiger partial charge in [-0.1, -0.05) is 22.0 Å². The van der Waals surface area contributed by atoms with Crippen LogP contribution in [0.4, 0.5) is 5.69 Å². The number of aliphatic carboxylic acids is 1. The summed E-state index contributed by atoms with van der Waals surface area (Å²) in [5.41, 5.74) is 9.21. The Bertz CT molecular complexity index is 465. The van der Waals surface area contributed by atoms with Gasteiger partial charge in [0.2, 0.25) is 0 Å². The van der Waals surface area contributed by atoms with E-state index in [0.717, 1.165) is 35.2 Å². The molecule has 0 saturated heterocycles. The zero-order valence-corrected chi connectivity index (χ0v) is 14.5. The van der Waals surface area contributed by atoms with Gasteiger partial charge in [-0.3, -0.25) is 4.79 Å². The van der Waals surface area contributed by atoms with Gasteiger partial charge in [0.15, 0.2) is 0 Å². The fourth-order valence-electron chi connectivity index (χ4n) is 2.23. The molecule has 0 aromatic heterocycles. The number of rotatable bonds is 9. The SMILES string of the molecule is Cc1ccc(N(CCCl)CCBr)cc1C[C@H](N)CC(=O)O. The zero-order chi connectivity index (χ0) is 15.8. The molecule has 3 N–H and O–H groups in total. The summed E-state index contributed by atoms with van der Waals surface area (Å²) in [4.78, 5) is 12.9. The van der Waals surface area contributed by atoms with Crippen molar-refractivity contribution in [1.29, 1.82) is 0 Å². The minimum atomic E-state index is -0.862. The van der Waals surface area contributed by atoms with Crippen molar-refractivity contribution in [1.82, 2.24) is 0 Å². The second-order valence-electron chi connectivity index (χ2n) is 5.04. The maximum Gasteiger partial charge on any atom is 0.304 e. The fraction of sp³-hybridized carbons (Fsp3) is 0.533. The molecular formula is C15H22BrClN2O2. The van der Waals surface area contributed by atoms with Crippen molar-refractivity contribution >= 4 is 39.2 Å². The number of carboxylic acids is 1. The number of aryl methyl sites for hydroxylation is 1. The van der Waals surface area contributed by atoms with Gasteiger partial charge in [-0.2, -0.15) is 0 Å². The number of nitrogens with zero attached hydrogens (tertiary/aromatic N) is 1. The summed E-state index contributed by atoms with van der Waals surface area (Å²) in [5, 5.41) is 9.67. The number of benzene rings is 1. The molecule has 0 aliphatic carbocycles. The van der Waals surface area contributed by atoms with E-state index in [2.05, 4.69) is 33.0 Å². The molecule has 1 aromatic rings. The van der Waals surface area contributed by atoms with Crippen molar-refractivity contribution in [2.45, 2.75) is 25.8 Å². The number of alkyl halides is 2. The Labute approximate surface area is 139 Å². The van der Waals surface area contributed by atoms with E-state index in [1.807, 2.05) is 13.0 Å². The molecule has 21 heavy (non-hydrogen) atoms. The van der Waals surface area contributed by atoms with E-state index in [4.69, 9.17) is 22.4 Å². The molecule has 0 amide bonds. The summed E-state index contributed by atoms with van der Waals surface area (Å²) in [6.07, 6.45) is 0.547. The summed E-state index contributed by atoms with van der Waals surface area (Å²) < 4.78 is 0. The third-order valence-corrected chi connectivity index (χ3v) is 3.85. The number of anilines is 1. The molecule has 0 bridgehead atoms. The highest BCUT2D eigenvalue weighted by Gasteiger charge is 2.13. The lowest BCUT2D eigenvalue weighted by atomic mass is 9.99. The van der Waals surface area contributed by atoms with E-state index in [9.17, 15) is 4.79 Å². The number of nitrogens with two attached hydrogens (primary N) is 1. The second kappa shape index (κ2) is 9.28. The molecule has 0 spiro atoms. The molecule has 1 aromatic carbocycles. The average Bonchev–Trinajstić information content (AvgIpc) is 2.40. The van der Waals surface area contributed by atoms with Gasteiger partial charge in [0.25, 0.3) is 0 Å². The fourth-order valence-corrected chi connectivity index (χ4v) is 2.86. The van der Waals surface area contributed by atoms with Gasteiger partial charge in [-0.25, -0.2) is 0 Å². The summed E-state index contributed by atoms with van der Waals surface area (Å²) in [7, 11) is 0. The van der Waals surface area contributed by atoms with E-state index in [1.165, 1.54) is 0 Å². The number of carbonyl (C=O) groups is 1. The molecule has 0 fully saturated rings. The van der Waals surface area contributed by atoms with Crippen molar-refractivity contribution in [2.24, 2.45) is 5.73 Å². The second-order valence-corrected chi connectivity index (χ2v) is 6.21. The van der Waals surface area contributed by atoms with E-state index < -0.39 is 5.97 Å². The van der Waals surface area contributed by atoms with Gasteiger partial charge in [-0.15, -0.1) is 11.6 Å². The highest BCUT2D eigenvalue weighted by molar-refractivity contribution is 9.09. The van der Waals surface area contributed by atoms with Crippen molar-refractivity contribution in [2.75, 3.05) is 29.2 Å². The van der Waals surface area contributed by atoms with Gasteiger partial charge in [0.1, 0.15) is 0 Å². The molecule has 6 heteroatoms. The number of carboxylic acid groups (broad SMARTS) is 1. The van der Waals surface area contributed by atoms with Crippen LogP contribution in [0.15, 0.2) is 18.2 Å².